The van der Waals surface area contributed by atoms with E-state index in [4.69, 9.17) is 0 Å². The van der Waals surface area contributed by atoms with Crippen molar-refractivity contribution >= 4 is 5.78 Å². The number of ketones is 1. The molecule has 0 saturated heterocycles. The van der Waals surface area contributed by atoms with Gasteiger partial charge < -0.3 is 5.11 Å². The molecule has 0 saturated carbocycles. The molecule has 0 aromatic carbocycles. The van der Waals surface area contributed by atoms with Gasteiger partial charge in [-0.3, -0.25) is 4.79 Å². The average Bonchev–Trinajstić information content (AvgIpc) is 2.16. The van der Waals surface area contributed by atoms with E-state index < -0.39 is 6.10 Å². The lowest BCUT2D eigenvalue weighted by Crippen LogP contribution is -2.17. The van der Waals surface area contributed by atoms with Crippen molar-refractivity contribution < 1.29 is 9.90 Å². The molecule has 2 heteroatoms. The van der Waals surface area contributed by atoms with E-state index in [0.29, 0.717) is 6.42 Å². The van der Waals surface area contributed by atoms with E-state index in [0.717, 1.165) is 12.8 Å². The summed E-state index contributed by atoms with van der Waals surface area (Å²) in [5, 5.41) is 9.25. The van der Waals surface area contributed by atoms with Crippen molar-refractivity contribution in [1.82, 2.24) is 0 Å². The number of hydrogen-bond acceptors (Lipinski definition) is 2. The molecular formula is C11H20O2. The topological polar surface area (TPSA) is 37.3 Å². The Balaban J connectivity index is 3.31. The van der Waals surface area contributed by atoms with E-state index in [2.05, 4.69) is 13.5 Å². The quantitative estimate of drug-likeness (QED) is 0.465. The lowest BCUT2D eigenvalue weighted by atomic mass is 10.1. The zero-order chi connectivity index (χ0) is 10.1. The molecule has 0 aromatic heterocycles. The molecule has 13 heavy (non-hydrogen) atoms. The fourth-order valence-electron chi connectivity index (χ4n) is 1.22. The number of aliphatic hydroxyl groups excluding tert-OH is 1. The van der Waals surface area contributed by atoms with Crippen LogP contribution in [0.25, 0.3) is 0 Å². The van der Waals surface area contributed by atoms with Crippen molar-refractivity contribution in [2.24, 2.45) is 0 Å². The molecule has 0 aliphatic rings. The molecule has 0 spiro atoms. The third kappa shape index (κ3) is 6.52. The SMILES string of the molecule is C=CC(=O)C(O)CCCCCCC. The standard InChI is InChI=1S/C11H20O2/c1-3-5-6-7-8-9-11(13)10(12)4-2/h4,11,13H,2-3,5-9H2,1H3. The molecule has 0 bridgehead atoms. The predicted octanol–water partition coefficient (Wildman–Crippen LogP) is 2.46. The summed E-state index contributed by atoms with van der Waals surface area (Å²) in [5.74, 6) is -0.254. The summed E-state index contributed by atoms with van der Waals surface area (Å²) in [7, 11) is 0. The summed E-state index contributed by atoms with van der Waals surface area (Å²) in [5.41, 5.74) is 0. The first-order chi connectivity index (χ1) is 6.22. The van der Waals surface area contributed by atoms with Crippen LogP contribution >= 0.6 is 0 Å². The number of aliphatic hydroxyl groups is 1. The Bertz CT molecular complexity index is 152. The number of carbonyl (C=O) groups is 1. The monoisotopic (exact) mass is 184 g/mol. The molecule has 1 unspecified atom stereocenters. The van der Waals surface area contributed by atoms with Crippen LogP contribution < -0.4 is 0 Å². The minimum Gasteiger partial charge on any atom is -0.385 e. The van der Waals surface area contributed by atoms with E-state index in [-0.39, 0.29) is 5.78 Å². The van der Waals surface area contributed by atoms with Gasteiger partial charge >= 0.3 is 0 Å². The van der Waals surface area contributed by atoms with Gasteiger partial charge in [-0.1, -0.05) is 45.6 Å². The van der Waals surface area contributed by atoms with Crippen LogP contribution in [0.15, 0.2) is 12.7 Å². The maximum Gasteiger partial charge on any atom is 0.183 e. The van der Waals surface area contributed by atoms with Gasteiger partial charge in [-0.2, -0.15) is 0 Å². The summed E-state index contributed by atoms with van der Waals surface area (Å²) in [6.45, 7) is 5.49. The van der Waals surface area contributed by atoms with Crippen LogP contribution in [0, 0.1) is 0 Å². The second kappa shape index (κ2) is 7.99. The number of hydrogen-bond donors (Lipinski definition) is 1. The van der Waals surface area contributed by atoms with E-state index in [1.165, 1.54) is 25.3 Å². The van der Waals surface area contributed by atoms with Gasteiger partial charge in [0, 0.05) is 0 Å². The van der Waals surface area contributed by atoms with E-state index in [1.807, 2.05) is 0 Å². The molecule has 0 amide bonds. The lowest BCUT2D eigenvalue weighted by molar-refractivity contribution is -0.122. The first kappa shape index (κ1) is 12.4. The number of carbonyl (C=O) groups excluding carboxylic acids is 1. The third-order valence-corrected chi connectivity index (χ3v) is 2.11. The van der Waals surface area contributed by atoms with E-state index in [1.54, 1.807) is 0 Å². The molecule has 0 aliphatic heterocycles. The Labute approximate surface area is 80.7 Å². The van der Waals surface area contributed by atoms with Gasteiger partial charge in [-0.15, -0.1) is 0 Å². The molecule has 1 atom stereocenters. The molecule has 0 aliphatic carbocycles. The molecule has 76 valence electrons. The smallest absolute Gasteiger partial charge is 0.183 e. The zero-order valence-electron chi connectivity index (χ0n) is 8.46. The highest BCUT2D eigenvalue weighted by atomic mass is 16.3. The van der Waals surface area contributed by atoms with E-state index in [9.17, 15) is 9.90 Å². The Hall–Kier alpha value is -0.630. The van der Waals surface area contributed by atoms with Gasteiger partial charge in [0.15, 0.2) is 5.78 Å². The minimum atomic E-state index is -0.820. The van der Waals surface area contributed by atoms with Crippen LogP contribution in [0.5, 0.6) is 0 Å². The van der Waals surface area contributed by atoms with Gasteiger partial charge in [-0.25, -0.2) is 0 Å². The first-order valence-electron chi connectivity index (χ1n) is 5.06. The highest BCUT2D eigenvalue weighted by Crippen LogP contribution is 2.07. The van der Waals surface area contributed by atoms with Gasteiger partial charge in [0.25, 0.3) is 0 Å². The van der Waals surface area contributed by atoms with Gasteiger partial charge in [0.1, 0.15) is 6.10 Å². The van der Waals surface area contributed by atoms with Crippen molar-refractivity contribution in [2.45, 2.75) is 51.6 Å². The fourth-order valence-corrected chi connectivity index (χ4v) is 1.22. The third-order valence-electron chi connectivity index (χ3n) is 2.11. The predicted molar refractivity (Wildman–Crippen MR) is 54.6 cm³/mol. The Kier molecular flexibility index (Phi) is 7.60. The average molecular weight is 184 g/mol. The summed E-state index contributed by atoms with van der Waals surface area (Å²) >= 11 is 0. The second-order valence-corrected chi connectivity index (χ2v) is 3.33. The van der Waals surface area contributed by atoms with Crippen LogP contribution in [-0.2, 0) is 4.79 Å². The molecule has 0 heterocycles. The molecule has 1 N–H and O–H groups in total. The number of unbranched alkanes of at least 4 members (excludes halogenated alkanes) is 4. The fraction of sp³-hybridized carbons (Fsp3) is 0.727. The van der Waals surface area contributed by atoms with Crippen molar-refractivity contribution in [3.8, 4) is 0 Å². The van der Waals surface area contributed by atoms with Crippen molar-refractivity contribution in [3.63, 3.8) is 0 Å². The number of rotatable bonds is 8. The van der Waals surface area contributed by atoms with E-state index >= 15 is 0 Å². The second-order valence-electron chi connectivity index (χ2n) is 3.33. The van der Waals surface area contributed by atoms with Crippen LogP contribution in [0.1, 0.15) is 45.4 Å². The normalized spacial score (nSPS) is 12.5. The van der Waals surface area contributed by atoms with Crippen LogP contribution in [0.3, 0.4) is 0 Å². The summed E-state index contributed by atoms with van der Waals surface area (Å²) in [4.78, 5) is 10.9. The van der Waals surface area contributed by atoms with Gasteiger partial charge in [0.05, 0.1) is 0 Å². The molecule has 0 rings (SSSR count). The van der Waals surface area contributed by atoms with Gasteiger partial charge in [-0.05, 0) is 12.5 Å². The first-order valence-corrected chi connectivity index (χ1v) is 5.06. The van der Waals surface area contributed by atoms with Crippen molar-refractivity contribution in [3.05, 3.63) is 12.7 Å². The molecule has 0 fully saturated rings. The Morgan fingerprint density at radius 1 is 1.38 bits per heavy atom. The zero-order valence-corrected chi connectivity index (χ0v) is 8.46. The summed E-state index contributed by atoms with van der Waals surface area (Å²) in [6, 6.07) is 0. The summed E-state index contributed by atoms with van der Waals surface area (Å²) in [6.07, 6.45) is 6.64. The minimum absolute atomic E-state index is 0.254. The maximum absolute atomic E-state index is 10.9. The highest BCUT2D eigenvalue weighted by molar-refractivity contribution is 5.92. The van der Waals surface area contributed by atoms with Crippen LogP contribution in [0.4, 0.5) is 0 Å². The van der Waals surface area contributed by atoms with Crippen molar-refractivity contribution in [2.75, 3.05) is 0 Å². The molecule has 0 aromatic rings. The Morgan fingerprint density at radius 3 is 2.54 bits per heavy atom. The Morgan fingerprint density at radius 2 is 2.00 bits per heavy atom. The van der Waals surface area contributed by atoms with Crippen molar-refractivity contribution in [1.29, 1.82) is 0 Å². The largest absolute Gasteiger partial charge is 0.385 e. The highest BCUT2D eigenvalue weighted by Gasteiger charge is 2.09. The lowest BCUT2D eigenvalue weighted by Gasteiger charge is -2.05. The van der Waals surface area contributed by atoms with Crippen LogP contribution in [-0.4, -0.2) is 17.0 Å². The van der Waals surface area contributed by atoms with Crippen LogP contribution in [0.2, 0.25) is 0 Å². The van der Waals surface area contributed by atoms with Gasteiger partial charge in [0.2, 0.25) is 0 Å². The molecule has 2 nitrogen and oxygen atoms in total. The maximum atomic E-state index is 10.9. The molecular weight excluding hydrogens is 164 g/mol. The summed E-state index contributed by atoms with van der Waals surface area (Å²) < 4.78 is 0. The molecule has 0 radical (unpaired) electrons.